The third-order valence-corrected chi connectivity index (χ3v) is 5.99. The number of fused-ring (bicyclic) bond motifs is 1. The highest BCUT2D eigenvalue weighted by atomic mass is 16.2. The highest BCUT2D eigenvalue weighted by molar-refractivity contribution is 6.03. The van der Waals surface area contributed by atoms with Crippen LogP contribution in [0.4, 0.5) is 5.69 Å². The fourth-order valence-corrected chi connectivity index (χ4v) is 4.32. The van der Waals surface area contributed by atoms with E-state index in [0.717, 1.165) is 30.5 Å². The Morgan fingerprint density at radius 1 is 1.26 bits per heavy atom. The second-order valence-corrected chi connectivity index (χ2v) is 7.66. The number of likely N-dealkylation sites (tertiary alicyclic amines) is 1. The van der Waals surface area contributed by atoms with E-state index in [4.69, 9.17) is 6.42 Å². The summed E-state index contributed by atoms with van der Waals surface area (Å²) in [6, 6.07) is 7.91. The zero-order valence-electron chi connectivity index (χ0n) is 15.4. The Morgan fingerprint density at radius 2 is 2.00 bits per heavy atom. The van der Waals surface area contributed by atoms with E-state index >= 15 is 0 Å². The smallest absolute Gasteiger partial charge is 0.232 e. The van der Waals surface area contributed by atoms with Crippen LogP contribution in [0.15, 0.2) is 34.5 Å². The van der Waals surface area contributed by atoms with E-state index in [9.17, 15) is 9.59 Å². The first-order valence-electron chi connectivity index (χ1n) is 9.67. The molecule has 27 heavy (non-hydrogen) atoms. The van der Waals surface area contributed by atoms with Gasteiger partial charge in [0.25, 0.3) is 0 Å². The quantitative estimate of drug-likeness (QED) is 0.787. The van der Waals surface area contributed by atoms with Crippen molar-refractivity contribution in [2.75, 3.05) is 18.4 Å². The lowest BCUT2D eigenvalue weighted by Gasteiger charge is -2.34. The molecule has 1 saturated heterocycles. The van der Waals surface area contributed by atoms with Crippen LogP contribution in [0.1, 0.15) is 50.0 Å². The molecule has 6 nitrogen and oxygen atoms in total. The van der Waals surface area contributed by atoms with Crippen LogP contribution >= 0.6 is 0 Å². The lowest BCUT2D eigenvalue weighted by molar-refractivity contribution is -0.133. The van der Waals surface area contributed by atoms with Gasteiger partial charge in [0, 0.05) is 44.5 Å². The van der Waals surface area contributed by atoms with Gasteiger partial charge in [-0.1, -0.05) is 18.2 Å². The fourth-order valence-electron chi connectivity index (χ4n) is 4.32. The number of anilines is 1. The number of benzene rings is 1. The summed E-state index contributed by atoms with van der Waals surface area (Å²) in [5.41, 5.74) is 1.63. The molecule has 1 unspecified atom stereocenters. The van der Waals surface area contributed by atoms with Gasteiger partial charge in [0.05, 0.1) is 5.92 Å². The minimum absolute atomic E-state index is 0.0884. The van der Waals surface area contributed by atoms with Gasteiger partial charge in [0.2, 0.25) is 11.8 Å². The molecule has 3 aliphatic heterocycles. The van der Waals surface area contributed by atoms with Crippen LogP contribution in [-0.2, 0) is 9.59 Å². The van der Waals surface area contributed by atoms with E-state index in [-0.39, 0.29) is 23.7 Å². The Bertz CT molecular complexity index is 812. The molecule has 1 N–H and O–H groups in total. The average Bonchev–Trinajstić information content (AvgIpc) is 3.39. The largest absolute Gasteiger partial charge is 0.343 e. The highest BCUT2D eigenvalue weighted by Crippen LogP contribution is 2.41. The highest BCUT2D eigenvalue weighted by Gasteiger charge is 2.41. The van der Waals surface area contributed by atoms with Crippen LogP contribution in [0.3, 0.4) is 0 Å². The van der Waals surface area contributed by atoms with Crippen molar-refractivity contribution in [2.45, 2.75) is 50.1 Å². The fraction of sp³-hybridized carbons (Fsp3) is 0.524. The molecule has 0 aromatic heterocycles. The Morgan fingerprint density at radius 3 is 2.70 bits per heavy atom. The molecule has 140 valence electrons. The monoisotopic (exact) mass is 364 g/mol. The second kappa shape index (κ2) is 7.15. The summed E-state index contributed by atoms with van der Waals surface area (Å²) in [7, 11) is 0. The number of carbonyl (C=O) groups excluding carboxylic acids is 2. The van der Waals surface area contributed by atoms with Crippen LogP contribution in [-0.4, -0.2) is 35.5 Å². The predicted octanol–water partition coefficient (Wildman–Crippen LogP) is 3.32. The molecule has 2 amide bonds. The van der Waals surface area contributed by atoms with Crippen LogP contribution in [0, 0.1) is 18.3 Å². The van der Waals surface area contributed by atoms with Gasteiger partial charge >= 0.3 is 0 Å². The van der Waals surface area contributed by atoms with E-state index in [1.54, 1.807) is 0 Å². The van der Waals surface area contributed by atoms with Gasteiger partial charge in [-0.05, 0) is 30.4 Å². The summed E-state index contributed by atoms with van der Waals surface area (Å²) >= 11 is 0. The van der Waals surface area contributed by atoms with Gasteiger partial charge in [0.1, 0.15) is 0 Å². The molecule has 0 radical (unpaired) electrons. The second-order valence-electron chi connectivity index (χ2n) is 7.66. The molecule has 1 atom stereocenters. The zero-order valence-corrected chi connectivity index (χ0v) is 15.4. The van der Waals surface area contributed by atoms with E-state index in [1.807, 2.05) is 29.2 Å². The maximum Gasteiger partial charge on any atom is 0.232 e. The molecule has 0 aliphatic carbocycles. The van der Waals surface area contributed by atoms with E-state index in [1.165, 1.54) is 0 Å². The summed E-state index contributed by atoms with van der Waals surface area (Å²) in [6.45, 7) is 1.42. The first kappa shape index (κ1) is 17.7. The molecule has 1 aromatic rings. The minimum atomic E-state index is -0.397. The number of terminal acetylenes is 1. The van der Waals surface area contributed by atoms with Crippen molar-refractivity contribution in [1.29, 1.82) is 0 Å². The van der Waals surface area contributed by atoms with Crippen LogP contribution in [0.25, 0.3) is 0 Å². The molecule has 1 fully saturated rings. The first-order valence-corrected chi connectivity index (χ1v) is 9.67. The number of piperidine rings is 1. The van der Waals surface area contributed by atoms with Gasteiger partial charge in [0.15, 0.2) is 5.66 Å². The number of amides is 2. The van der Waals surface area contributed by atoms with Crippen LogP contribution < -0.4 is 5.32 Å². The minimum Gasteiger partial charge on any atom is -0.343 e. The normalized spacial score (nSPS) is 22.9. The van der Waals surface area contributed by atoms with E-state index in [2.05, 4.69) is 21.5 Å². The van der Waals surface area contributed by atoms with Gasteiger partial charge in [-0.2, -0.15) is 10.2 Å². The number of para-hydroxylation sites is 1. The molecular weight excluding hydrogens is 340 g/mol. The Hall–Kier alpha value is -2.68. The summed E-state index contributed by atoms with van der Waals surface area (Å²) in [5.74, 6) is 3.05. The van der Waals surface area contributed by atoms with E-state index < -0.39 is 5.66 Å². The van der Waals surface area contributed by atoms with E-state index in [0.29, 0.717) is 32.4 Å². The molecule has 0 saturated carbocycles. The van der Waals surface area contributed by atoms with Crippen molar-refractivity contribution >= 4 is 17.5 Å². The van der Waals surface area contributed by atoms with Crippen molar-refractivity contribution in [3.05, 3.63) is 29.8 Å². The lowest BCUT2D eigenvalue weighted by Crippen LogP contribution is -2.40. The number of carbonyl (C=O) groups is 2. The van der Waals surface area contributed by atoms with Gasteiger partial charge in [-0.3, -0.25) is 9.59 Å². The van der Waals surface area contributed by atoms with Crippen molar-refractivity contribution in [3.63, 3.8) is 0 Å². The maximum absolute atomic E-state index is 12.6. The predicted molar refractivity (Wildman–Crippen MR) is 102 cm³/mol. The number of nitrogens with zero attached hydrogens (tertiary/aromatic N) is 3. The van der Waals surface area contributed by atoms with Gasteiger partial charge in [-0.15, -0.1) is 12.3 Å². The zero-order chi connectivity index (χ0) is 18.9. The Balaban J connectivity index is 1.29. The molecule has 4 rings (SSSR count). The average molecular weight is 364 g/mol. The molecule has 3 aliphatic rings. The number of rotatable bonds is 6. The summed E-state index contributed by atoms with van der Waals surface area (Å²) in [6.07, 6.45) is 9.48. The molecule has 6 heteroatoms. The third-order valence-electron chi connectivity index (χ3n) is 5.99. The van der Waals surface area contributed by atoms with Gasteiger partial charge in [-0.25, -0.2) is 0 Å². The molecule has 0 bridgehead atoms. The van der Waals surface area contributed by atoms with Crippen LogP contribution in [0.5, 0.6) is 0 Å². The third kappa shape index (κ3) is 3.59. The van der Waals surface area contributed by atoms with Crippen LogP contribution in [0.2, 0.25) is 0 Å². The molecule has 0 spiro atoms. The Labute approximate surface area is 159 Å². The molecular formula is C21H24N4O2. The maximum atomic E-state index is 12.6. The number of hydrogen-bond acceptors (Lipinski definition) is 4. The topological polar surface area (TPSA) is 74.1 Å². The number of nitrogens with one attached hydrogen (secondary N) is 1. The summed E-state index contributed by atoms with van der Waals surface area (Å²) < 4.78 is 0. The molecule has 1 aromatic carbocycles. The molecule has 3 heterocycles. The summed E-state index contributed by atoms with van der Waals surface area (Å²) in [5, 5.41) is 11.2. The lowest BCUT2D eigenvalue weighted by atomic mass is 9.80. The van der Waals surface area contributed by atoms with Crippen molar-refractivity contribution in [1.82, 2.24) is 4.90 Å². The first-order chi connectivity index (χ1) is 13.1. The van der Waals surface area contributed by atoms with Gasteiger partial charge < -0.3 is 10.2 Å². The van der Waals surface area contributed by atoms with Crippen molar-refractivity contribution in [3.8, 4) is 12.3 Å². The van der Waals surface area contributed by atoms with Crippen molar-refractivity contribution < 1.29 is 9.59 Å². The standard InChI is InChI=1S/C21H24N4O2/c1-2-3-11-21(23-24-21)12-8-18(26)25-13-9-15(10-14-25)19-16-6-4-5-7-17(16)22-20(19)27/h1,4-7,15,19H,3,8-14H2,(H,22,27). The summed E-state index contributed by atoms with van der Waals surface area (Å²) in [4.78, 5) is 26.9. The Kier molecular flexibility index (Phi) is 4.69. The SMILES string of the molecule is C#CCCC1(CCC(=O)N2CCC(C3C(=O)Nc4ccccc43)CC2)N=N1. The number of hydrogen-bond donors (Lipinski definition) is 1. The van der Waals surface area contributed by atoms with Crippen molar-refractivity contribution in [2.24, 2.45) is 16.1 Å².